The van der Waals surface area contributed by atoms with Crippen LogP contribution in [0.3, 0.4) is 0 Å². The van der Waals surface area contributed by atoms with Gasteiger partial charge in [-0.2, -0.15) is 0 Å². The fraction of sp³-hybridized carbons (Fsp3) is 0.188. The Bertz CT molecular complexity index is 930. The summed E-state index contributed by atoms with van der Waals surface area (Å²) >= 11 is 1.41. The van der Waals surface area contributed by atoms with Crippen LogP contribution in [0.2, 0.25) is 0 Å². The zero-order valence-electron chi connectivity index (χ0n) is 12.4. The van der Waals surface area contributed by atoms with Crippen molar-refractivity contribution in [2.45, 2.75) is 17.9 Å². The van der Waals surface area contributed by atoms with Crippen molar-refractivity contribution in [3.8, 4) is 0 Å². The summed E-state index contributed by atoms with van der Waals surface area (Å²) in [5, 5.41) is 12.8. The standard InChI is InChI=1S/C16H16N2O3S2/c1-11-7-9-22-16(11)13(19)10-18-23(20,21)14-6-2-4-12-5-3-8-17-15(12)14/h2-9,13,18-19H,10H2,1H3. The first-order valence-corrected chi connectivity index (χ1v) is 9.41. The molecule has 0 fully saturated rings. The molecule has 0 saturated heterocycles. The molecule has 5 nitrogen and oxygen atoms in total. The monoisotopic (exact) mass is 348 g/mol. The summed E-state index contributed by atoms with van der Waals surface area (Å²) in [7, 11) is -3.75. The van der Waals surface area contributed by atoms with Crippen molar-refractivity contribution >= 4 is 32.3 Å². The first-order chi connectivity index (χ1) is 11.0. The highest BCUT2D eigenvalue weighted by atomic mass is 32.2. The zero-order chi connectivity index (χ0) is 16.4. The van der Waals surface area contributed by atoms with Crippen LogP contribution in [-0.2, 0) is 10.0 Å². The Kier molecular flexibility index (Phi) is 4.45. The lowest BCUT2D eigenvalue weighted by atomic mass is 10.2. The number of para-hydroxylation sites is 1. The van der Waals surface area contributed by atoms with Crippen LogP contribution in [0.5, 0.6) is 0 Å². The molecule has 3 rings (SSSR count). The average Bonchev–Trinajstić information content (AvgIpc) is 2.98. The number of pyridine rings is 1. The fourth-order valence-electron chi connectivity index (χ4n) is 2.38. The number of nitrogens with one attached hydrogen (secondary N) is 1. The molecule has 2 N–H and O–H groups in total. The molecule has 0 saturated carbocycles. The molecule has 23 heavy (non-hydrogen) atoms. The molecule has 1 aromatic carbocycles. The van der Waals surface area contributed by atoms with Crippen LogP contribution in [0.15, 0.2) is 52.9 Å². The number of hydrogen-bond donors (Lipinski definition) is 2. The maximum Gasteiger partial charge on any atom is 0.242 e. The first-order valence-electron chi connectivity index (χ1n) is 7.04. The predicted octanol–water partition coefficient (Wildman–Crippen LogP) is 2.62. The summed E-state index contributed by atoms with van der Waals surface area (Å²) in [4.78, 5) is 5.04. The minimum atomic E-state index is -3.75. The van der Waals surface area contributed by atoms with Gasteiger partial charge < -0.3 is 5.11 Å². The van der Waals surface area contributed by atoms with E-state index in [4.69, 9.17) is 0 Å². The summed E-state index contributed by atoms with van der Waals surface area (Å²) in [6, 6.07) is 10.5. The van der Waals surface area contributed by atoms with E-state index in [1.54, 1.807) is 18.3 Å². The number of sulfonamides is 1. The second-order valence-corrected chi connectivity index (χ2v) is 7.85. The van der Waals surface area contributed by atoms with Gasteiger partial charge in [-0.05, 0) is 36.1 Å². The summed E-state index contributed by atoms with van der Waals surface area (Å²) in [6.45, 7) is 1.81. The highest BCUT2D eigenvalue weighted by Gasteiger charge is 2.20. The van der Waals surface area contributed by atoms with E-state index >= 15 is 0 Å². The van der Waals surface area contributed by atoms with E-state index in [-0.39, 0.29) is 11.4 Å². The number of benzene rings is 1. The van der Waals surface area contributed by atoms with E-state index in [0.29, 0.717) is 5.52 Å². The van der Waals surface area contributed by atoms with Gasteiger partial charge >= 0.3 is 0 Å². The third kappa shape index (κ3) is 3.28. The molecule has 2 aromatic heterocycles. The Morgan fingerprint density at radius 2 is 2.04 bits per heavy atom. The molecule has 1 unspecified atom stereocenters. The Balaban J connectivity index is 1.85. The molecule has 120 valence electrons. The van der Waals surface area contributed by atoms with E-state index < -0.39 is 16.1 Å². The first kappa shape index (κ1) is 16.1. The van der Waals surface area contributed by atoms with Crippen LogP contribution in [0, 0.1) is 6.92 Å². The predicted molar refractivity (Wildman–Crippen MR) is 90.9 cm³/mol. The third-order valence-corrected chi connectivity index (χ3v) is 6.13. The number of nitrogens with zero attached hydrogens (tertiary/aromatic N) is 1. The molecule has 0 amide bonds. The molecular weight excluding hydrogens is 332 g/mol. The Morgan fingerprint density at radius 3 is 2.78 bits per heavy atom. The van der Waals surface area contributed by atoms with Gasteiger partial charge in [0.05, 0.1) is 5.52 Å². The Hall–Kier alpha value is -1.80. The smallest absolute Gasteiger partial charge is 0.242 e. The maximum absolute atomic E-state index is 12.5. The van der Waals surface area contributed by atoms with Crippen molar-refractivity contribution in [1.82, 2.24) is 9.71 Å². The van der Waals surface area contributed by atoms with E-state index in [0.717, 1.165) is 15.8 Å². The van der Waals surface area contributed by atoms with Crippen LogP contribution in [0.4, 0.5) is 0 Å². The van der Waals surface area contributed by atoms with E-state index in [9.17, 15) is 13.5 Å². The molecule has 0 aliphatic rings. The summed E-state index contributed by atoms with van der Waals surface area (Å²) in [5.41, 5.74) is 1.37. The zero-order valence-corrected chi connectivity index (χ0v) is 14.1. The van der Waals surface area contributed by atoms with Gasteiger partial charge in [0.1, 0.15) is 11.0 Å². The van der Waals surface area contributed by atoms with Gasteiger partial charge in [0, 0.05) is 23.0 Å². The molecule has 3 aromatic rings. The van der Waals surface area contributed by atoms with Gasteiger partial charge in [0.2, 0.25) is 10.0 Å². The third-order valence-electron chi connectivity index (χ3n) is 3.56. The normalized spacial score (nSPS) is 13.3. The molecule has 0 aliphatic heterocycles. The highest BCUT2D eigenvalue weighted by Crippen LogP contribution is 2.24. The van der Waals surface area contributed by atoms with Gasteiger partial charge in [0.25, 0.3) is 0 Å². The van der Waals surface area contributed by atoms with Crippen molar-refractivity contribution in [2.24, 2.45) is 0 Å². The van der Waals surface area contributed by atoms with Gasteiger partial charge in [-0.1, -0.05) is 18.2 Å². The summed E-state index contributed by atoms with van der Waals surface area (Å²) in [5.74, 6) is 0. The van der Waals surface area contributed by atoms with Crippen molar-refractivity contribution < 1.29 is 13.5 Å². The van der Waals surface area contributed by atoms with Gasteiger partial charge in [-0.15, -0.1) is 11.3 Å². The lowest BCUT2D eigenvalue weighted by Gasteiger charge is -2.13. The number of aliphatic hydroxyl groups excluding tert-OH is 1. The molecule has 0 spiro atoms. The lowest BCUT2D eigenvalue weighted by molar-refractivity contribution is 0.185. The van der Waals surface area contributed by atoms with Crippen molar-refractivity contribution in [2.75, 3.05) is 6.54 Å². The number of hydrogen-bond acceptors (Lipinski definition) is 5. The van der Waals surface area contributed by atoms with Crippen molar-refractivity contribution in [1.29, 1.82) is 0 Å². The van der Waals surface area contributed by atoms with Gasteiger partial charge in [0.15, 0.2) is 0 Å². The van der Waals surface area contributed by atoms with Crippen LogP contribution in [0.1, 0.15) is 16.5 Å². The maximum atomic E-state index is 12.5. The minimum absolute atomic E-state index is 0.0765. The number of aryl methyl sites for hydroxylation is 1. The van der Waals surface area contributed by atoms with Gasteiger partial charge in [-0.3, -0.25) is 4.98 Å². The van der Waals surface area contributed by atoms with E-state index in [1.807, 2.05) is 30.5 Å². The van der Waals surface area contributed by atoms with Crippen molar-refractivity contribution in [3.05, 3.63) is 58.4 Å². The number of aromatic nitrogens is 1. The SMILES string of the molecule is Cc1ccsc1C(O)CNS(=O)(=O)c1cccc2cccnc12. The van der Waals surface area contributed by atoms with Crippen molar-refractivity contribution in [3.63, 3.8) is 0 Å². The minimum Gasteiger partial charge on any atom is -0.386 e. The van der Waals surface area contributed by atoms with Crippen LogP contribution < -0.4 is 4.72 Å². The summed E-state index contributed by atoms with van der Waals surface area (Å²) in [6.07, 6.45) is 0.693. The summed E-state index contributed by atoms with van der Waals surface area (Å²) < 4.78 is 27.6. The van der Waals surface area contributed by atoms with E-state index in [2.05, 4.69) is 9.71 Å². The second-order valence-electron chi connectivity index (χ2n) is 5.17. The topological polar surface area (TPSA) is 79.3 Å². The molecule has 0 aliphatic carbocycles. The number of fused-ring (bicyclic) bond motifs is 1. The van der Waals surface area contributed by atoms with E-state index in [1.165, 1.54) is 17.4 Å². The molecule has 1 atom stereocenters. The van der Waals surface area contributed by atoms with Crippen LogP contribution in [0.25, 0.3) is 10.9 Å². The molecular formula is C16H16N2O3S2. The fourth-order valence-corrected chi connectivity index (χ4v) is 4.51. The Labute approximate surface area is 138 Å². The number of rotatable bonds is 5. The largest absolute Gasteiger partial charge is 0.386 e. The number of thiophene rings is 1. The lowest BCUT2D eigenvalue weighted by Crippen LogP contribution is -2.28. The molecule has 0 radical (unpaired) electrons. The quantitative estimate of drug-likeness (QED) is 0.743. The Morgan fingerprint density at radius 1 is 1.26 bits per heavy atom. The second kappa shape index (κ2) is 6.37. The van der Waals surface area contributed by atoms with Gasteiger partial charge in [-0.25, -0.2) is 13.1 Å². The molecule has 0 bridgehead atoms. The van der Waals surface area contributed by atoms with Crippen LogP contribution >= 0.6 is 11.3 Å². The van der Waals surface area contributed by atoms with Crippen LogP contribution in [-0.4, -0.2) is 25.1 Å². The number of aliphatic hydroxyl groups is 1. The molecule has 2 heterocycles. The highest BCUT2D eigenvalue weighted by molar-refractivity contribution is 7.89. The molecule has 7 heteroatoms. The average molecular weight is 348 g/mol.